The number of anilines is 1. The quantitative estimate of drug-likeness (QED) is 0.564. The van der Waals surface area contributed by atoms with Gasteiger partial charge < -0.3 is 10.2 Å². The Bertz CT molecular complexity index is 1190. The molecule has 2 amide bonds. The van der Waals surface area contributed by atoms with Gasteiger partial charge in [0.25, 0.3) is 5.91 Å². The normalized spacial score (nSPS) is 13.3. The average Bonchev–Trinajstić information content (AvgIpc) is 3.34. The molecule has 0 aliphatic carbocycles. The van der Waals surface area contributed by atoms with Crippen molar-refractivity contribution in [1.82, 2.24) is 14.7 Å². The van der Waals surface area contributed by atoms with Crippen LogP contribution >= 0.6 is 11.3 Å². The third-order valence-electron chi connectivity index (χ3n) is 6.34. The lowest BCUT2D eigenvalue weighted by atomic mass is 10.0. The highest BCUT2D eigenvalue weighted by Gasteiger charge is 2.24. The number of amides is 2. The van der Waals surface area contributed by atoms with Crippen molar-refractivity contribution in [3.05, 3.63) is 68.2 Å². The lowest BCUT2D eigenvalue weighted by molar-refractivity contribution is -0.115. The largest absolute Gasteiger partial charge is 0.334 e. The Labute approximate surface area is 199 Å². The number of thiophene rings is 1. The second-order valence-electron chi connectivity index (χ2n) is 9.27. The average molecular weight is 465 g/mol. The van der Waals surface area contributed by atoms with Crippen molar-refractivity contribution in [3.8, 4) is 0 Å². The van der Waals surface area contributed by atoms with E-state index in [4.69, 9.17) is 0 Å². The number of fused-ring (bicyclic) bond motifs is 1. The predicted octanol–water partition coefficient (Wildman–Crippen LogP) is 4.91. The third-order valence-corrected chi connectivity index (χ3v) is 7.36. The number of benzene rings is 1. The van der Waals surface area contributed by atoms with E-state index in [0.29, 0.717) is 23.7 Å². The molecular weight excluding hydrogens is 432 g/mol. The highest BCUT2D eigenvalue weighted by atomic mass is 32.1. The zero-order chi connectivity index (χ0) is 23.7. The van der Waals surface area contributed by atoms with E-state index < -0.39 is 0 Å². The Morgan fingerprint density at radius 1 is 1.18 bits per heavy atom. The van der Waals surface area contributed by atoms with E-state index in [1.165, 1.54) is 10.4 Å². The topological polar surface area (TPSA) is 67.2 Å². The predicted molar refractivity (Wildman–Crippen MR) is 133 cm³/mol. The number of carbonyl (C=O) groups is 2. The molecule has 0 atom stereocenters. The summed E-state index contributed by atoms with van der Waals surface area (Å²) in [4.78, 5) is 29.5. The third kappa shape index (κ3) is 4.88. The van der Waals surface area contributed by atoms with Crippen LogP contribution in [0.4, 0.5) is 5.69 Å². The molecule has 4 rings (SSSR count). The molecule has 1 aromatic carbocycles. The molecule has 0 saturated heterocycles. The number of rotatable bonds is 6. The SMILES string of the molecule is Cc1nn(CC(C)C)c(C)c1CC(=O)Nc1cccc(C(=O)N2CCc3sccc3C2)c1C. The number of aromatic nitrogens is 2. The summed E-state index contributed by atoms with van der Waals surface area (Å²) in [5.41, 5.74) is 6.27. The molecule has 0 unspecified atom stereocenters. The van der Waals surface area contributed by atoms with Crippen molar-refractivity contribution in [2.24, 2.45) is 5.92 Å². The van der Waals surface area contributed by atoms with Crippen LogP contribution in [0.1, 0.15) is 57.2 Å². The molecule has 3 aromatic rings. The number of nitrogens with one attached hydrogen (secondary N) is 1. The van der Waals surface area contributed by atoms with Crippen LogP contribution in [0.5, 0.6) is 0 Å². The zero-order valence-electron chi connectivity index (χ0n) is 20.1. The smallest absolute Gasteiger partial charge is 0.254 e. The zero-order valence-corrected chi connectivity index (χ0v) is 20.9. The fraction of sp³-hybridized carbons (Fsp3) is 0.423. The molecule has 0 saturated carbocycles. The second-order valence-corrected chi connectivity index (χ2v) is 10.3. The standard InChI is InChI=1S/C26H32N4O2S/c1-16(2)14-30-19(5)22(18(4)28-30)13-25(31)27-23-8-6-7-21(17(23)3)26(32)29-11-9-24-20(15-29)10-12-33-24/h6-8,10,12,16H,9,11,13-15H2,1-5H3,(H,27,31). The molecule has 174 valence electrons. The van der Waals surface area contributed by atoms with Gasteiger partial charge in [-0.1, -0.05) is 19.9 Å². The van der Waals surface area contributed by atoms with Crippen molar-refractivity contribution >= 4 is 28.8 Å². The van der Waals surface area contributed by atoms with Crippen LogP contribution in [0.25, 0.3) is 0 Å². The molecule has 1 aliphatic heterocycles. The van der Waals surface area contributed by atoms with E-state index in [2.05, 4.69) is 35.7 Å². The van der Waals surface area contributed by atoms with Crippen LogP contribution < -0.4 is 5.32 Å². The Balaban J connectivity index is 1.48. The van der Waals surface area contributed by atoms with Crippen LogP contribution in [0.2, 0.25) is 0 Å². The molecule has 33 heavy (non-hydrogen) atoms. The fourth-order valence-electron chi connectivity index (χ4n) is 4.46. The monoisotopic (exact) mass is 464 g/mol. The number of hydrogen-bond acceptors (Lipinski definition) is 4. The first-order chi connectivity index (χ1) is 15.7. The van der Waals surface area contributed by atoms with Crippen molar-refractivity contribution in [2.75, 3.05) is 11.9 Å². The van der Waals surface area contributed by atoms with E-state index in [0.717, 1.165) is 42.0 Å². The molecule has 0 spiro atoms. The van der Waals surface area contributed by atoms with Gasteiger partial charge in [0.15, 0.2) is 0 Å². The first kappa shape index (κ1) is 23.2. The van der Waals surface area contributed by atoms with Gasteiger partial charge in [0.1, 0.15) is 0 Å². The summed E-state index contributed by atoms with van der Waals surface area (Å²) in [7, 11) is 0. The van der Waals surface area contributed by atoms with Crippen LogP contribution in [0, 0.1) is 26.7 Å². The summed E-state index contributed by atoms with van der Waals surface area (Å²) >= 11 is 1.76. The number of hydrogen-bond donors (Lipinski definition) is 1. The maximum atomic E-state index is 13.3. The molecule has 1 N–H and O–H groups in total. The van der Waals surface area contributed by atoms with Gasteiger partial charge in [0.05, 0.1) is 12.1 Å². The van der Waals surface area contributed by atoms with Crippen LogP contribution in [-0.4, -0.2) is 33.0 Å². The highest BCUT2D eigenvalue weighted by Crippen LogP contribution is 2.27. The number of carbonyl (C=O) groups excluding carboxylic acids is 2. The van der Waals surface area contributed by atoms with E-state index in [9.17, 15) is 9.59 Å². The van der Waals surface area contributed by atoms with Gasteiger partial charge >= 0.3 is 0 Å². The molecule has 6 nitrogen and oxygen atoms in total. The van der Waals surface area contributed by atoms with Gasteiger partial charge in [-0.3, -0.25) is 14.3 Å². The molecule has 0 bridgehead atoms. The van der Waals surface area contributed by atoms with Crippen molar-refractivity contribution in [2.45, 2.75) is 60.5 Å². The maximum absolute atomic E-state index is 13.3. The highest BCUT2D eigenvalue weighted by molar-refractivity contribution is 7.10. The number of aryl methyl sites for hydroxylation is 1. The summed E-state index contributed by atoms with van der Waals surface area (Å²) in [6.45, 7) is 12.4. The molecule has 7 heteroatoms. The molecule has 0 radical (unpaired) electrons. The van der Waals surface area contributed by atoms with Crippen molar-refractivity contribution in [3.63, 3.8) is 0 Å². The lowest BCUT2D eigenvalue weighted by Crippen LogP contribution is -2.35. The Hall–Kier alpha value is -2.93. The molecule has 2 aromatic heterocycles. The molecular formula is C26H32N4O2S. The second kappa shape index (κ2) is 9.51. The van der Waals surface area contributed by atoms with Crippen LogP contribution in [0.15, 0.2) is 29.6 Å². The number of nitrogens with zero attached hydrogens (tertiary/aromatic N) is 3. The van der Waals surface area contributed by atoms with Crippen molar-refractivity contribution < 1.29 is 9.59 Å². The van der Waals surface area contributed by atoms with Crippen LogP contribution in [-0.2, 0) is 30.7 Å². The van der Waals surface area contributed by atoms with Gasteiger partial charge in [-0.15, -0.1) is 11.3 Å². The Morgan fingerprint density at radius 2 is 1.97 bits per heavy atom. The van der Waals surface area contributed by atoms with Gasteiger partial charge in [-0.05, 0) is 67.8 Å². The lowest BCUT2D eigenvalue weighted by Gasteiger charge is -2.28. The van der Waals surface area contributed by atoms with E-state index >= 15 is 0 Å². The first-order valence-corrected chi connectivity index (χ1v) is 12.4. The fourth-order valence-corrected chi connectivity index (χ4v) is 5.35. The van der Waals surface area contributed by atoms with Gasteiger partial charge in [0, 0.05) is 47.0 Å². The van der Waals surface area contributed by atoms with Gasteiger partial charge in [-0.2, -0.15) is 5.10 Å². The van der Waals surface area contributed by atoms with E-state index in [1.807, 2.05) is 48.6 Å². The summed E-state index contributed by atoms with van der Waals surface area (Å²) in [5.74, 6) is 0.403. The molecule has 3 heterocycles. The van der Waals surface area contributed by atoms with E-state index in [-0.39, 0.29) is 18.2 Å². The van der Waals surface area contributed by atoms with Crippen LogP contribution in [0.3, 0.4) is 0 Å². The molecule has 0 fully saturated rings. The minimum absolute atomic E-state index is 0.0158. The Kier molecular flexibility index (Phi) is 6.70. The van der Waals surface area contributed by atoms with Crippen molar-refractivity contribution in [1.29, 1.82) is 0 Å². The summed E-state index contributed by atoms with van der Waals surface area (Å²) in [6.07, 6.45) is 1.16. The molecule has 1 aliphatic rings. The minimum Gasteiger partial charge on any atom is -0.334 e. The summed E-state index contributed by atoms with van der Waals surface area (Å²) < 4.78 is 1.99. The first-order valence-electron chi connectivity index (χ1n) is 11.5. The van der Waals surface area contributed by atoms with E-state index in [1.54, 1.807) is 11.3 Å². The van der Waals surface area contributed by atoms with Gasteiger partial charge in [-0.25, -0.2) is 0 Å². The Morgan fingerprint density at radius 3 is 2.73 bits per heavy atom. The summed E-state index contributed by atoms with van der Waals surface area (Å²) in [5, 5.41) is 9.74. The maximum Gasteiger partial charge on any atom is 0.254 e. The minimum atomic E-state index is -0.0983. The summed E-state index contributed by atoms with van der Waals surface area (Å²) in [6, 6.07) is 7.66. The van der Waals surface area contributed by atoms with Gasteiger partial charge in [0.2, 0.25) is 5.91 Å².